The third kappa shape index (κ3) is 3.97. The second-order valence-corrected chi connectivity index (χ2v) is 7.85. The van der Waals surface area contributed by atoms with Crippen molar-refractivity contribution in [1.82, 2.24) is 9.97 Å². The number of aryl methyl sites for hydroxylation is 1. The number of hydrogen-bond donors (Lipinski definition) is 1. The monoisotopic (exact) mass is 470 g/mol. The number of ether oxygens (including phenoxy) is 1. The highest BCUT2D eigenvalue weighted by Crippen LogP contribution is 2.29. The van der Waals surface area contributed by atoms with Crippen LogP contribution in [0.2, 0.25) is 0 Å². The lowest BCUT2D eigenvalue weighted by molar-refractivity contribution is 0.0531. The number of thiophene rings is 1. The number of nitrogens with one attached hydrogen (secondary N) is 1. The zero-order valence-corrected chi connectivity index (χ0v) is 17.4. The van der Waals surface area contributed by atoms with Gasteiger partial charge < -0.3 is 9.72 Å². The molecule has 0 unspecified atom stereocenters. The molecule has 5 nitrogen and oxygen atoms in total. The van der Waals surface area contributed by atoms with Gasteiger partial charge in [-0.1, -0.05) is 27.5 Å². The quantitative estimate of drug-likeness (QED) is 0.537. The topological polar surface area (TPSA) is 72.0 Å². The van der Waals surface area contributed by atoms with Gasteiger partial charge in [0.25, 0.3) is 5.56 Å². The molecular formula is C18H13BrClFN2O3S. The van der Waals surface area contributed by atoms with Crippen LogP contribution in [0.1, 0.15) is 33.5 Å². The Kier molecular flexibility index (Phi) is 5.78. The van der Waals surface area contributed by atoms with E-state index in [1.165, 1.54) is 12.1 Å². The van der Waals surface area contributed by atoms with Crippen molar-refractivity contribution in [2.24, 2.45) is 0 Å². The van der Waals surface area contributed by atoms with Crippen LogP contribution in [-0.4, -0.2) is 22.5 Å². The van der Waals surface area contributed by atoms with Gasteiger partial charge in [-0.3, -0.25) is 4.79 Å². The maximum Gasteiger partial charge on any atom is 0.348 e. The summed E-state index contributed by atoms with van der Waals surface area (Å²) in [7, 11) is 0. The Morgan fingerprint density at radius 1 is 1.48 bits per heavy atom. The van der Waals surface area contributed by atoms with Crippen LogP contribution in [0.5, 0.6) is 0 Å². The Labute approximate surface area is 171 Å². The van der Waals surface area contributed by atoms with Crippen molar-refractivity contribution in [2.75, 3.05) is 6.61 Å². The zero-order valence-electron chi connectivity index (χ0n) is 14.2. The fourth-order valence-corrected chi connectivity index (χ4v) is 4.14. The number of fused-ring (bicyclic) bond motifs is 1. The lowest BCUT2D eigenvalue weighted by atomic mass is 10.2. The number of esters is 1. The maximum atomic E-state index is 13.9. The first-order chi connectivity index (χ1) is 12.8. The van der Waals surface area contributed by atoms with Crippen LogP contribution in [0.15, 0.2) is 27.5 Å². The van der Waals surface area contributed by atoms with Crippen LogP contribution < -0.4 is 5.56 Å². The van der Waals surface area contributed by atoms with Crippen LogP contribution in [0, 0.1) is 12.7 Å². The van der Waals surface area contributed by atoms with Crippen molar-refractivity contribution in [3.63, 3.8) is 0 Å². The Bertz CT molecular complexity index is 1140. The summed E-state index contributed by atoms with van der Waals surface area (Å²) in [5.41, 5.74) is 0.319. The number of rotatable bonds is 4. The molecule has 0 amide bonds. The Morgan fingerprint density at radius 2 is 2.22 bits per heavy atom. The summed E-state index contributed by atoms with van der Waals surface area (Å²) >= 11 is 10.6. The van der Waals surface area contributed by atoms with Gasteiger partial charge >= 0.3 is 5.97 Å². The first-order valence-electron chi connectivity index (χ1n) is 7.85. The molecule has 0 aliphatic heterocycles. The van der Waals surface area contributed by atoms with Gasteiger partial charge in [0.2, 0.25) is 0 Å². The fourth-order valence-electron chi connectivity index (χ4n) is 2.48. The summed E-state index contributed by atoms with van der Waals surface area (Å²) in [6.45, 7) is 3.60. The predicted octanol–water partition coefficient (Wildman–Crippen LogP) is 5.11. The van der Waals surface area contributed by atoms with Gasteiger partial charge in [-0.2, -0.15) is 0 Å². The highest BCUT2D eigenvalue weighted by atomic mass is 79.9. The molecule has 0 fully saturated rings. The van der Waals surface area contributed by atoms with E-state index in [-0.39, 0.29) is 23.0 Å². The number of carbonyl (C=O) groups excluding carboxylic acids is 1. The number of aromatic nitrogens is 2. The lowest BCUT2D eigenvalue weighted by Gasteiger charge is -2.02. The molecule has 0 saturated carbocycles. The van der Waals surface area contributed by atoms with E-state index in [0.717, 1.165) is 11.3 Å². The van der Waals surface area contributed by atoms with Gasteiger partial charge in [-0.05, 0) is 43.7 Å². The molecule has 0 bridgehead atoms. The number of aromatic amines is 1. The minimum absolute atomic E-state index is 0.0646. The highest BCUT2D eigenvalue weighted by molar-refractivity contribution is 9.10. The molecule has 27 heavy (non-hydrogen) atoms. The molecule has 3 rings (SSSR count). The van der Waals surface area contributed by atoms with Crippen molar-refractivity contribution in [3.05, 3.63) is 60.7 Å². The molecule has 2 heterocycles. The van der Waals surface area contributed by atoms with Crippen molar-refractivity contribution < 1.29 is 13.9 Å². The molecule has 0 aliphatic carbocycles. The van der Waals surface area contributed by atoms with E-state index >= 15 is 0 Å². The fraction of sp³-hybridized carbons (Fsp3) is 0.167. The number of H-pyrrole nitrogens is 1. The normalized spacial score (nSPS) is 11.8. The standard InChI is InChI=1S/C18H13BrClFN2O3S/c1-3-26-18(25)14-8(2)13-16(24)22-15(23-17(13)27-14)11(20)7-9-6-10(19)4-5-12(9)21/h4-7H,3H2,1-2H3,(H,22,23,24)/b11-7-. The van der Waals surface area contributed by atoms with E-state index in [4.69, 9.17) is 16.3 Å². The van der Waals surface area contributed by atoms with Gasteiger partial charge in [0.1, 0.15) is 15.5 Å². The van der Waals surface area contributed by atoms with E-state index in [2.05, 4.69) is 25.9 Å². The first-order valence-corrected chi connectivity index (χ1v) is 9.83. The van der Waals surface area contributed by atoms with E-state index in [1.54, 1.807) is 26.0 Å². The third-order valence-electron chi connectivity index (χ3n) is 3.73. The van der Waals surface area contributed by atoms with Crippen LogP contribution in [-0.2, 0) is 4.74 Å². The predicted molar refractivity (Wildman–Crippen MR) is 109 cm³/mol. The van der Waals surface area contributed by atoms with Crippen LogP contribution in [0.25, 0.3) is 21.3 Å². The minimum Gasteiger partial charge on any atom is -0.462 e. The third-order valence-corrected chi connectivity index (χ3v) is 5.67. The molecule has 0 atom stereocenters. The molecular weight excluding hydrogens is 459 g/mol. The first kappa shape index (κ1) is 19.7. The van der Waals surface area contributed by atoms with Crippen molar-refractivity contribution in [2.45, 2.75) is 13.8 Å². The van der Waals surface area contributed by atoms with E-state index in [9.17, 15) is 14.0 Å². The molecule has 9 heteroatoms. The number of nitrogens with zero attached hydrogens (tertiary/aromatic N) is 1. The summed E-state index contributed by atoms with van der Waals surface area (Å²) in [6.07, 6.45) is 1.37. The van der Waals surface area contributed by atoms with Gasteiger partial charge in [-0.25, -0.2) is 14.2 Å². The van der Waals surface area contributed by atoms with E-state index in [1.807, 2.05) is 0 Å². The van der Waals surface area contributed by atoms with Gasteiger partial charge in [0, 0.05) is 10.0 Å². The second-order valence-electron chi connectivity index (χ2n) is 5.53. The average molecular weight is 472 g/mol. The molecule has 1 N–H and O–H groups in total. The van der Waals surface area contributed by atoms with E-state index < -0.39 is 17.3 Å². The molecule has 2 aromatic heterocycles. The number of carbonyl (C=O) groups is 1. The van der Waals surface area contributed by atoms with Crippen LogP contribution in [0.4, 0.5) is 4.39 Å². The Morgan fingerprint density at radius 3 is 2.93 bits per heavy atom. The van der Waals surface area contributed by atoms with Crippen molar-refractivity contribution in [3.8, 4) is 0 Å². The van der Waals surface area contributed by atoms with Gasteiger partial charge in [-0.15, -0.1) is 11.3 Å². The molecule has 3 aromatic rings. The molecule has 0 radical (unpaired) electrons. The lowest BCUT2D eigenvalue weighted by Crippen LogP contribution is -2.11. The molecule has 0 spiro atoms. The van der Waals surface area contributed by atoms with Gasteiger partial charge in [0.15, 0.2) is 5.82 Å². The maximum absolute atomic E-state index is 13.9. The summed E-state index contributed by atoms with van der Waals surface area (Å²) < 4.78 is 19.6. The summed E-state index contributed by atoms with van der Waals surface area (Å²) in [6, 6.07) is 4.42. The second kappa shape index (κ2) is 7.92. The number of benzene rings is 1. The van der Waals surface area contributed by atoms with Crippen molar-refractivity contribution >= 4 is 66.2 Å². The molecule has 140 valence electrons. The van der Waals surface area contributed by atoms with Gasteiger partial charge in [0.05, 0.1) is 17.0 Å². The SMILES string of the molecule is CCOC(=O)c1sc2nc(/C(Cl)=C/c3cc(Br)ccc3F)[nH]c(=O)c2c1C. The van der Waals surface area contributed by atoms with Crippen LogP contribution in [0.3, 0.4) is 0 Å². The molecule has 1 aromatic carbocycles. The Hall–Kier alpha value is -2.03. The summed E-state index contributed by atoms with van der Waals surface area (Å²) in [5.74, 6) is -0.877. The summed E-state index contributed by atoms with van der Waals surface area (Å²) in [5, 5.41) is 0.375. The Balaban J connectivity index is 2.10. The molecule has 0 aliphatic rings. The number of halogens is 3. The highest BCUT2D eigenvalue weighted by Gasteiger charge is 2.20. The molecule has 0 saturated heterocycles. The number of hydrogen-bond acceptors (Lipinski definition) is 5. The van der Waals surface area contributed by atoms with Crippen LogP contribution >= 0.6 is 38.9 Å². The van der Waals surface area contributed by atoms with E-state index in [0.29, 0.717) is 25.1 Å². The zero-order chi connectivity index (χ0) is 19.7. The summed E-state index contributed by atoms with van der Waals surface area (Å²) in [4.78, 5) is 32.1. The van der Waals surface area contributed by atoms with Crippen molar-refractivity contribution in [1.29, 1.82) is 0 Å². The largest absolute Gasteiger partial charge is 0.462 e. The average Bonchev–Trinajstić information content (AvgIpc) is 2.95. The minimum atomic E-state index is -0.503. The smallest absolute Gasteiger partial charge is 0.348 e.